The molecule has 18 heavy (non-hydrogen) atoms. The number of hydrogen-bond donors (Lipinski definition) is 1. The lowest BCUT2D eigenvalue weighted by Gasteiger charge is -2.13. The van der Waals surface area contributed by atoms with Crippen molar-refractivity contribution in [1.29, 1.82) is 0 Å². The highest BCUT2D eigenvalue weighted by atomic mass is 79.9. The van der Waals surface area contributed by atoms with E-state index in [0.717, 1.165) is 6.42 Å². The van der Waals surface area contributed by atoms with Gasteiger partial charge in [0, 0.05) is 11.4 Å². The monoisotopic (exact) mass is 335 g/mol. The molecule has 0 heterocycles. The van der Waals surface area contributed by atoms with E-state index in [0.29, 0.717) is 12.5 Å². The van der Waals surface area contributed by atoms with Crippen molar-refractivity contribution >= 4 is 33.4 Å². The molecule has 2 nitrogen and oxygen atoms in total. The number of alkyl halides is 1. The Morgan fingerprint density at radius 3 is 2.78 bits per heavy atom. The smallest absolute Gasteiger partial charge is 0.254 e. The molecule has 1 atom stereocenters. The third kappa shape index (κ3) is 4.58. The molecular formula is C13H16BrClFNO. The van der Waals surface area contributed by atoms with Crippen LogP contribution in [0.15, 0.2) is 18.2 Å². The Morgan fingerprint density at radius 1 is 1.50 bits per heavy atom. The molecule has 0 aliphatic rings. The molecule has 1 aromatic rings. The minimum Gasteiger partial charge on any atom is -0.351 e. The maximum absolute atomic E-state index is 13.6. The van der Waals surface area contributed by atoms with Gasteiger partial charge in [0.1, 0.15) is 0 Å². The van der Waals surface area contributed by atoms with Gasteiger partial charge in [-0.15, -0.1) is 0 Å². The number of carbonyl (C=O) groups excluding carboxylic acids is 1. The first kappa shape index (κ1) is 15.4. The van der Waals surface area contributed by atoms with Crippen molar-refractivity contribution in [3.8, 4) is 0 Å². The summed E-state index contributed by atoms with van der Waals surface area (Å²) in [6.45, 7) is 4.67. The molecule has 0 aliphatic heterocycles. The van der Waals surface area contributed by atoms with Gasteiger partial charge in [-0.2, -0.15) is 0 Å². The lowest BCUT2D eigenvalue weighted by atomic mass is 10.1. The largest absolute Gasteiger partial charge is 0.351 e. The van der Waals surface area contributed by atoms with Crippen molar-refractivity contribution in [2.24, 2.45) is 5.92 Å². The van der Waals surface area contributed by atoms with Crippen LogP contribution in [0.2, 0.25) is 5.02 Å². The van der Waals surface area contributed by atoms with Crippen LogP contribution in [-0.4, -0.2) is 17.3 Å². The summed E-state index contributed by atoms with van der Waals surface area (Å²) in [5.41, 5.74) is -0.0215. The molecule has 0 radical (unpaired) electrons. The lowest BCUT2D eigenvalue weighted by Crippen LogP contribution is -2.30. The highest BCUT2D eigenvalue weighted by molar-refractivity contribution is 9.09. The standard InChI is InChI=1S/C13H16BrClFNO/c1-8(2)6-9(14)7-17-13(18)10-4-3-5-11(15)12(10)16/h3-5,8-9H,6-7H2,1-2H3,(H,17,18). The van der Waals surface area contributed by atoms with Crippen LogP contribution in [0.5, 0.6) is 0 Å². The summed E-state index contributed by atoms with van der Waals surface area (Å²) in [6, 6.07) is 4.39. The van der Waals surface area contributed by atoms with Crippen LogP contribution in [0, 0.1) is 11.7 Å². The number of benzene rings is 1. The SMILES string of the molecule is CC(C)CC(Br)CNC(=O)c1cccc(Cl)c1F. The summed E-state index contributed by atoms with van der Waals surface area (Å²) in [7, 11) is 0. The van der Waals surface area contributed by atoms with E-state index in [4.69, 9.17) is 11.6 Å². The summed E-state index contributed by atoms with van der Waals surface area (Å²) >= 11 is 9.10. The molecule has 0 aliphatic carbocycles. The van der Waals surface area contributed by atoms with Crippen molar-refractivity contribution in [3.05, 3.63) is 34.6 Å². The van der Waals surface area contributed by atoms with Crippen molar-refractivity contribution in [3.63, 3.8) is 0 Å². The molecule has 1 unspecified atom stereocenters. The number of carbonyl (C=O) groups is 1. The van der Waals surface area contributed by atoms with Crippen LogP contribution < -0.4 is 5.32 Å². The number of hydrogen-bond acceptors (Lipinski definition) is 1. The molecule has 0 bridgehead atoms. The van der Waals surface area contributed by atoms with Crippen molar-refractivity contribution < 1.29 is 9.18 Å². The van der Waals surface area contributed by atoms with E-state index in [9.17, 15) is 9.18 Å². The maximum atomic E-state index is 13.6. The second-order valence-electron chi connectivity index (χ2n) is 4.54. The van der Waals surface area contributed by atoms with E-state index >= 15 is 0 Å². The van der Waals surface area contributed by atoms with Gasteiger partial charge in [0.05, 0.1) is 10.6 Å². The molecule has 5 heteroatoms. The van der Waals surface area contributed by atoms with Crippen molar-refractivity contribution in [2.45, 2.75) is 25.1 Å². The van der Waals surface area contributed by atoms with Gasteiger partial charge in [-0.1, -0.05) is 47.4 Å². The third-order valence-electron chi connectivity index (χ3n) is 2.41. The van der Waals surface area contributed by atoms with Crippen molar-refractivity contribution in [2.75, 3.05) is 6.54 Å². The van der Waals surface area contributed by atoms with E-state index in [2.05, 4.69) is 35.1 Å². The molecule has 0 saturated heterocycles. The number of nitrogens with one attached hydrogen (secondary N) is 1. The van der Waals surface area contributed by atoms with Crippen LogP contribution in [0.3, 0.4) is 0 Å². The molecule has 1 aromatic carbocycles. The Hall–Kier alpha value is -0.610. The van der Waals surface area contributed by atoms with Crippen LogP contribution in [-0.2, 0) is 0 Å². The topological polar surface area (TPSA) is 29.1 Å². The van der Waals surface area contributed by atoms with Gasteiger partial charge in [0.15, 0.2) is 5.82 Å². The predicted molar refractivity (Wildman–Crippen MR) is 75.9 cm³/mol. The first-order valence-electron chi connectivity index (χ1n) is 5.78. The molecule has 1 rings (SSSR count). The lowest BCUT2D eigenvalue weighted by molar-refractivity contribution is 0.0949. The zero-order valence-corrected chi connectivity index (χ0v) is 12.7. The van der Waals surface area contributed by atoms with E-state index in [1.807, 2.05) is 0 Å². The first-order chi connectivity index (χ1) is 8.41. The van der Waals surface area contributed by atoms with Crippen molar-refractivity contribution in [1.82, 2.24) is 5.32 Å². The average molecular weight is 337 g/mol. The van der Waals surface area contributed by atoms with Gasteiger partial charge in [-0.05, 0) is 24.5 Å². The Morgan fingerprint density at radius 2 is 2.17 bits per heavy atom. The molecule has 0 saturated carbocycles. The zero-order valence-electron chi connectivity index (χ0n) is 10.3. The predicted octanol–water partition coefficient (Wildman–Crippen LogP) is 4.02. The minimum atomic E-state index is -0.674. The fraction of sp³-hybridized carbons (Fsp3) is 0.462. The first-order valence-corrected chi connectivity index (χ1v) is 7.07. The second-order valence-corrected chi connectivity index (χ2v) is 6.24. The quantitative estimate of drug-likeness (QED) is 0.809. The molecule has 1 N–H and O–H groups in total. The minimum absolute atomic E-state index is 0.0215. The highest BCUT2D eigenvalue weighted by Crippen LogP contribution is 2.18. The Bertz CT molecular complexity index is 425. The number of rotatable bonds is 5. The summed E-state index contributed by atoms with van der Waals surface area (Å²) < 4.78 is 13.6. The van der Waals surface area contributed by atoms with E-state index in [1.54, 1.807) is 6.07 Å². The zero-order chi connectivity index (χ0) is 13.7. The van der Waals surface area contributed by atoms with Gasteiger partial charge in [-0.3, -0.25) is 4.79 Å². The van der Waals surface area contributed by atoms with Crippen LogP contribution in [0.25, 0.3) is 0 Å². The summed E-state index contributed by atoms with van der Waals surface area (Å²) in [5.74, 6) is -0.580. The fourth-order valence-electron chi connectivity index (χ4n) is 1.57. The Kier molecular flexibility index (Phi) is 6.09. The van der Waals surface area contributed by atoms with Gasteiger partial charge in [0.25, 0.3) is 5.91 Å². The van der Waals surface area contributed by atoms with Crippen LogP contribution >= 0.6 is 27.5 Å². The summed E-state index contributed by atoms with van der Waals surface area (Å²) in [4.78, 5) is 12.0. The molecule has 100 valence electrons. The molecule has 1 amide bonds. The number of amides is 1. The Labute approximate surface area is 120 Å². The molecule has 0 spiro atoms. The number of halogens is 3. The summed E-state index contributed by atoms with van der Waals surface area (Å²) in [6.07, 6.45) is 0.943. The third-order valence-corrected chi connectivity index (χ3v) is 3.40. The molecule has 0 fully saturated rings. The van der Waals surface area contributed by atoms with Crippen LogP contribution in [0.4, 0.5) is 4.39 Å². The normalized spacial score (nSPS) is 12.6. The van der Waals surface area contributed by atoms with Gasteiger partial charge in [0.2, 0.25) is 0 Å². The molecule has 0 aromatic heterocycles. The van der Waals surface area contributed by atoms with Crippen LogP contribution in [0.1, 0.15) is 30.6 Å². The van der Waals surface area contributed by atoms with E-state index in [-0.39, 0.29) is 15.4 Å². The van der Waals surface area contributed by atoms with Gasteiger partial charge >= 0.3 is 0 Å². The highest BCUT2D eigenvalue weighted by Gasteiger charge is 2.15. The molecular weight excluding hydrogens is 321 g/mol. The second kappa shape index (κ2) is 7.10. The van der Waals surface area contributed by atoms with E-state index in [1.165, 1.54) is 12.1 Å². The van der Waals surface area contributed by atoms with Gasteiger partial charge in [-0.25, -0.2) is 4.39 Å². The summed E-state index contributed by atoms with van der Waals surface area (Å²) in [5, 5.41) is 2.65. The van der Waals surface area contributed by atoms with Gasteiger partial charge < -0.3 is 5.32 Å². The fourth-order valence-corrected chi connectivity index (χ4v) is 2.66. The Balaban J connectivity index is 2.58. The maximum Gasteiger partial charge on any atom is 0.254 e. The average Bonchev–Trinajstić information content (AvgIpc) is 2.29. The van der Waals surface area contributed by atoms with E-state index < -0.39 is 11.7 Å².